The summed E-state index contributed by atoms with van der Waals surface area (Å²) in [4.78, 5) is 15.0. The fraction of sp³-hybridized carbons (Fsp3) is 0.409. The van der Waals surface area contributed by atoms with Crippen LogP contribution in [0.15, 0.2) is 48.5 Å². The summed E-state index contributed by atoms with van der Waals surface area (Å²) >= 11 is 0. The molecular formula is C22H27NO4. The zero-order chi connectivity index (χ0) is 19.2. The van der Waals surface area contributed by atoms with Crippen molar-refractivity contribution in [2.24, 2.45) is 0 Å². The van der Waals surface area contributed by atoms with Crippen molar-refractivity contribution in [3.8, 4) is 17.2 Å². The molecule has 0 aromatic heterocycles. The van der Waals surface area contributed by atoms with Gasteiger partial charge in [0.05, 0.1) is 13.7 Å². The average Bonchev–Trinajstić information content (AvgIpc) is 3.52. The number of carbonyl (C=O) groups excluding carboxylic acids is 1. The first-order chi connectivity index (χ1) is 13.1. The van der Waals surface area contributed by atoms with Crippen LogP contribution >= 0.6 is 0 Å². The van der Waals surface area contributed by atoms with Gasteiger partial charge in [0.2, 0.25) is 0 Å². The van der Waals surface area contributed by atoms with Crippen LogP contribution in [0, 0.1) is 0 Å². The normalized spacial score (nSPS) is 14.3. The number of nitrogens with zero attached hydrogens (tertiary/aromatic N) is 1. The second-order valence-corrected chi connectivity index (χ2v) is 6.69. The molecule has 1 atom stereocenters. The second kappa shape index (κ2) is 8.80. The van der Waals surface area contributed by atoms with Gasteiger partial charge in [0, 0.05) is 12.6 Å². The molecule has 1 fully saturated rings. The van der Waals surface area contributed by atoms with Gasteiger partial charge in [-0.1, -0.05) is 24.3 Å². The smallest absolute Gasteiger partial charge is 0.263 e. The molecule has 0 radical (unpaired) electrons. The largest absolute Gasteiger partial charge is 0.494 e. The van der Waals surface area contributed by atoms with Crippen LogP contribution in [0.4, 0.5) is 0 Å². The van der Waals surface area contributed by atoms with Gasteiger partial charge in [0.15, 0.2) is 17.6 Å². The molecule has 1 saturated carbocycles. The Kier molecular flexibility index (Phi) is 6.22. The molecular weight excluding hydrogens is 342 g/mol. The van der Waals surface area contributed by atoms with Gasteiger partial charge in [-0.25, -0.2) is 0 Å². The Hall–Kier alpha value is -2.69. The molecule has 0 N–H and O–H groups in total. The standard InChI is InChI=1S/C22H27NO4/c1-4-26-19-13-9-17(10-14-19)15-23(18-11-12-18)22(24)16(2)27-21-8-6-5-7-20(21)25-3/h5-10,13-14,16,18H,4,11-12,15H2,1-3H3/t16-/m0/s1. The Labute approximate surface area is 160 Å². The van der Waals surface area contributed by atoms with E-state index < -0.39 is 6.10 Å². The van der Waals surface area contributed by atoms with Crippen LogP contribution in [0.3, 0.4) is 0 Å². The van der Waals surface area contributed by atoms with Crippen LogP contribution < -0.4 is 14.2 Å². The first-order valence-electron chi connectivity index (χ1n) is 9.44. The second-order valence-electron chi connectivity index (χ2n) is 6.69. The lowest BCUT2D eigenvalue weighted by molar-refractivity contribution is -0.139. The number of benzene rings is 2. The van der Waals surface area contributed by atoms with Crippen molar-refractivity contribution >= 4 is 5.91 Å². The highest BCUT2D eigenvalue weighted by Gasteiger charge is 2.35. The third kappa shape index (κ3) is 4.94. The number of amides is 1. The lowest BCUT2D eigenvalue weighted by atomic mass is 10.2. The molecule has 27 heavy (non-hydrogen) atoms. The highest BCUT2D eigenvalue weighted by Crippen LogP contribution is 2.31. The minimum absolute atomic E-state index is 0.00251. The van der Waals surface area contributed by atoms with E-state index >= 15 is 0 Å². The molecule has 0 bridgehead atoms. The minimum atomic E-state index is -0.579. The van der Waals surface area contributed by atoms with E-state index in [2.05, 4.69) is 0 Å². The average molecular weight is 369 g/mol. The molecule has 1 aliphatic rings. The molecule has 1 amide bonds. The number of hydrogen-bond donors (Lipinski definition) is 0. The highest BCUT2D eigenvalue weighted by atomic mass is 16.5. The lowest BCUT2D eigenvalue weighted by Gasteiger charge is -2.26. The van der Waals surface area contributed by atoms with Crippen molar-refractivity contribution in [1.82, 2.24) is 4.90 Å². The Balaban J connectivity index is 1.67. The predicted molar refractivity (Wildman–Crippen MR) is 104 cm³/mol. The summed E-state index contributed by atoms with van der Waals surface area (Å²) in [5.74, 6) is 2.05. The van der Waals surface area contributed by atoms with Crippen molar-refractivity contribution < 1.29 is 19.0 Å². The first-order valence-corrected chi connectivity index (χ1v) is 9.44. The summed E-state index contributed by atoms with van der Waals surface area (Å²) in [6.45, 7) is 4.98. The number of ether oxygens (including phenoxy) is 3. The molecule has 0 spiro atoms. The maximum absolute atomic E-state index is 13.0. The van der Waals surface area contributed by atoms with Gasteiger partial charge in [-0.15, -0.1) is 0 Å². The molecule has 144 valence electrons. The van der Waals surface area contributed by atoms with Crippen LogP contribution in [0.2, 0.25) is 0 Å². The summed E-state index contributed by atoms with van der Waals surface area (Å²) < 4.78 is 16.7. The minimum Gasteiger partial charge on any atom is -0.494 e. The van der Waals surface area contributed by atoms with Crippen molar-refractivity contribution in [2.45, 2.75) is 45.4 Å². The van der Waals surface area contributed by atoms with Crippen LogP contribution in [0.5, 0.6) is 17.2 Å². The molecule has 0 saturated heterocycles. The van der Waals surface area contributed by atoms with E-state index in [0.29, 0.717) is 30.7 Å². The topological polar surface area (TPSA) is 48.0 Å². The van der Waals surface area contributed by atoms with Crippen LogP contribution in [-0.2, 0) is 11.3 Å². The Morgan fingerprint density at radius 1 is 1.11 bits per heavy atom. The van der Waals surface area contributed by atoms with Gasteiger partial charge in [0.1, 0.15) is 5.75 Å². The lowest BCUT2D eigenvalue weighted by Crippen LogP contribution is -2.41. The monoisotopic (exact) mass is 369 g/mol. The summed E-state index contributed by atoms with van der Waals surface area (Å²) in [5, 5.41) is 0. The molecule has 0 aliphatic heterocycles. The van der Waals surface area contributed by atoms with Gasteiger partial charge in [0.25, 0.3) is 5.91 Å². The fourth-order valence-corrected chi connectivity index (χ4v) is 3.02. The van der Waals surface area contributed by atoms with Gasteiger partial charge < -0.3 is 19.1 Å². The number of carbonyl (C=O) groups is 1. The Morgan fingerprint density at radius 3 is 2.37 bits per heavy atom. The molecule has 3 rings (SSSR count). The molecule has 5 heteroatoms. The van der Waals surface area contributed by atoms with E-state index in [9.17, 15) is 4.79 Å². The SMILES string of the molecule is CCOc1ccc(CN(C(=O)[C@H](C)Oc2ccccc2OC)C2CC2)cc1. The molecule has 0 unspecified atom stereocenters. The summed E-state index contributed by atoms with van der Waals surface area (Å²) in [6, 6.07) is 15.6. The van der Waals surface area contributed by atoms with Gasteiger partial charge in [-0.05, 0) is 56.5 Å². The molecule has 2 aromatic carbocycles. The number of para-hydroxylation sites is 2. The molecule has 5 nitrogen and oxygen atoms in total. The van der Waals surface area contributed by atoms with Crippen molar-refractivity contribution in [1.29, 1.82) is 0 Å². The van der Waals surface area contributed by atoms with Gasteiger partial charge >= 0.3 is 0 Å². The zero-order valence-corrected chi connectivity index (χ0v) is 16.2. The number of methoxy groups -OCH3 is 1. The Morgan fingerprint density at radius 2 is 1.78 bits per heavy atom. The first kappa shape index (κ1) is 19.1. The predicted octanol–water partition coefficient (Wildman–Crippen LogP) is 4.05. The Bertz CT molecular complexity index is 755. The summed E-state index contributed by atoms with van der Waals surface area (Å²) in [6.07, 6.45) is 1.51. The van der Waals surface area contributed by atoms with Crippen molar-refractivity contribution in [3.63, 3.8) is 0 Å². The van der Waals surface area contributed by atoms with Crippen LogP contribution in [0.25, 0.3) is 0 Å². The fourth-order valence-electron chi connectivity index (χ4n) is 3.02. The van der Waals surface area contributed by atoms with E-state index in [4.69, 9.17) is 14.2 Å². The summed E-state index contributed by atoms with van der Waals surface area (Å²) in [5.41, 5.74) is 1.09. The van der Waals surface area contributed by atoms with E-state index in [1.165, 1.54) is 0 Å². The summed E-state index contributed by atoms with van der Waals surface area (Å²) in [7, 11) is 1.59. The molecule has 2 aromatic rings. The van der Waals surface area contributed by atoms with Crippen molar-refractivity contribution in [3.05, 3.63) is 54.1 Å². The van der Waals surface area contributed by atoms with Crippen molar-refractivity contribution in [2.75, 3.05) is 13.7 Å². The van der Waals surface area contributed by atoms with Crippen LogP contribution in [0.1, 0.15) is 32.3 Å². The van der Waals surface area contributed by atoms with E-state index in [1.807, 2.05) is 60.4 Å². The molecule has 1 aliphatic carbocycles. The number of hydrogen-bond acceptors (Lipinski definition) is 4. The van der Waals surface area contributed by atoms with Crippen LogP contribution in [-0.4, -0.2) is 36.7 Å². The van der Waals surface area contributed by atoms with E-state index in [0.717, 1.165) is 24.2 Å². The van der Waals surface area contributed by atoms with E-state index in [-0.39, 0.29) is 5.91 Å². The van der Waals surface area contributed by atoms with Gasteiger partial charge in [-0.2, -0.15) is 0 Å². The third-order valence-electron chi connectivity index (χ3n) is 4.58. The van der Waals surface area contributed by atoms with E-state index in [1.54, 1.807) is 14.0 Å². The molecule has 0 heterocycles. The quantitative estimate of drug-likeness (QED) is 0.669. The maximum Gasteiger partial charge on any atom is 0.263 e. The number of rotatable bonds is 9. The highest BCUT2D eigenvalue weighted by molar-refractivity contribution is 5.81. The van der Waals surface area contributed by atoms with Gasteiger partial charge in [-0.3, -0.25) is 4.79 Å². The maximum atomic E-state index is 13.0. The third-order valence-corrected chi connectivity index (χ3v) is 4.58. The zero-order valence-electron chi connectivity index (χ0n) is 16.2.